The van der Waals surface area contributed by atoms with Crippen molar-refractivity contribution in [2.45, 2.75) is 40.3 Å². The SMILES string of the molecule is CC(=O)CN1N=C(C)[C@@H](C)n2c1nc1c2c(=O)n(Cc2cccc(C)c2)c(=O)n1C. The number of Topliss-reactive ketones (excluding diaryl/α,β-unsaturated/α-hetero) is 1. The first kappa shape index (κ1) is 19.8. The van der Waals surface area contributed by atoms with Gasteiger partial charge in [0.05, 0.1) is 18.3 Å². The van der Waals surface area contributed by atoms with Gasteiger partial charge in [-0.25, -0.2) is 9.80 Å². The maximum atomic E-state index is 13.5. The zero-order valence-corrected chi connectivity index (χ0v) is 17.7. The molecule has 9 nitrogen and oxygen atoms in total. The first-order chi connectivity index (χ1) is 14.2. The highest BCUT2D eigenvalue weighted by Gasteiger charge is 2.31. The van der Waals surface area contributed by atoms with Crippen LogP contribution in [0.3, 0.4) is 0 Å². The molecule has 156 valence electrons. The predicted molar refractivity (Wildman–Crippen MR) is 115 cm³/mol. The lowest BCUT2D eigenvalue weighted by Crippen LogP contribution is -2.40. The molecule has 0 fully saturated rings. The van der Waals surface area contributed by atoms with Gasteiger partial charge in [-0.05, 0) is 33.3 Å². The van der Waals surface area contributed by atoms with E-state index >= 15 is 0 Å². The molecule has 2 aromatic heterocycles. The van der Waals surface area contributed by atoms with Crippen molar-refractivity contribution in [3.63, 3.8) is 0 Å². The van der Waals surface area contributed by atoms with Crippen LogP contribution in [0.15, 0.2) is 39.0 Å². The molecule has 1 aliphatic heterocycles. The normalized spacial score (nSPS) is 16.0. The lowest BCUT2D eigenvalue weighted by atomic mass is 10.1. The molecule has 0 amide bonds. The molecule has 0 N–H and O–H groups in total. The predicted octanol–water partition coefficient (Wildman–Crippen LogP) is 1.60. The van der Waals surface area contributed by atoms with Crippen molar-refractivity contribution in [1.29, 1.82) is 0 Å². The van der Waals surface area contributed by atoms with E-state index in [1.165, 1.54) is 21.1 Å². The lowest BCUT2D eigenvalue weighted by Gasteiger charge is -2.28. The minimum absolute atomic E-state index is 0.0405. The molecular weight excluding hydrogens is 384 g/mol. The summed E-state index contributed by atoms with van der Waals surface area (Å²) in [6.07, 6.45) is 0. The quantitative estimate of drug-likeness (QED) is 0.654. The zero-order chi connectivity index (χ0) is 21.7. The van der Waals surface area contributed by atoms with Crippen LogP contribution >= 0.6 is 0 Å². The van der Waals surface area contributed by atoms with Crippen molar-refractivity contribution in [3.8, 4) is 0 Å². The number of benzene rings is 1. The highest BCUT2D eigenvalue weighted by molar-refractivity contribution is 5.92. The molecule has 0 saturated carbocycles. The summed E-state index contributed by atoms with van der Waals surface area (Å²) in [5.74, 6) is 0.309. The van der Waals surface area contributed by atoms with E-state index in [1.807, 2.05) is 45.0 Å². The lowest BCUT2D eigenvalue weighted by molar-refractivity contribution is -0.115. The largest absolute Gasteiger partial charge is 0.332 e. The monoisotopic (exact) mass is 408 g/mol. The van der Waals surface area contributed by atoms with Crippen molar-refractivity contribution in [2.24, 2.45) is 12.1 Å². The van der Waals surface area contributed by atoms with Crippen LogP contribution in [0.5, 0.6) is 0 Å². The summed E-state index contributed by atoms with van der Waals surface area (Å²) in [7, 11) is 1.60. The van der Waals surface area contributed by atoms with E-state index in [0.717, 1.165) is 16.8 Å². The van der Waals surface area contributed by atoms with E-state index < -0.39 is 11.2 Å². The first-order valence-electron chi connectivity index (χ1n) is 9.78. The van der Waals surface area contributed by atoms with E-state index in [-0.39, 0.29) is 30.6 Å². The molecule has 9 heteroatoms. The Bertz CT molecular complexity index is 1330. The summed E-state index contributed by atoms with van der Waals surface area (Å²) >= 11 is 0. The Morgan fingerprint density at radius 3 is 2.60 bits per heavy atom. The molecule has 3 aromatic rings. The third-order valence-corrected chi connectivity index (χ3v) is 5.45. The van der Waals surface area contributed by atoms with Crippen LogP contribution in [0.4, 0.5) is 5.95 Å². The number of carbonyl (C=O) groups is 1. The average molecular weight is 408 g/mol. The summed E-state index contributed by atoms with van der Waals surface area (Å²) in [4.78, 5) is 42.7. The molecule has 0 unspecified atom stereocenters. The first-order valence-corrected chi connectivity index (χ1v) is 9.78. The van der Waals surface area contributed by atoms with E-state index in [1.54, 1.807) is 11.6 Å². The maximum Gasteiger partial charge on any atom is 0.332 e. The number of imidazole rings is 1. The Hall–Kier alpha value is -3.49. The van der Waals surface area contributed by atoms with Gasteiger partial charge in [0.2, 0.25) is 5.95 Å². The minimum atomic E-state index is -0.437. The van der Waals surface area contributed by atoms with Crippen LogP contribution in [0, 0.1) is 6.92 Å². The third kappa shape index (κ3) is 3.06. The fourth-order valence-corrected chi connectivity index (χ4v) is 3.83. The molecule has 1 aromatic carbocycles. The van der Waals surface area contributed by atoms with Gasteiger partial charge in [-0.3, -0.25) is 23.3 Å². The van der Waals surface area contributed by atoms with Crippen molar-refractivity contribution in [2.75, 3.05) is 11.6 Å². The van der Waals surface area contributed by atoms with Gasteiger partial charge in [0.25, 0.3) is 5.56 Å². The van der Waals surface area contributed by atoms with E-state index in [9.17, 15) is 14.4 Å². The second kappa shape index (κ2) is 7.08. The number of aryl methyl sites for hydroxylation is 2. The van der Waals surface area contributed by atoms with Crippen molar-refractivity contribution in [3.05, 3.63) is 56.2 Å². The Kier molecular flexibility index (Phi) is 4.68. The fourth-order valence-electron chi connectivity index (χ4n) is 3.83. The number of hydrogen-bond acceptors (Lipinski definition) is 6. The van der Waals surface area contributed by atoms with Gasteiger partial charge < -0.3 is 0 Å². The summed E-state index contributed by atoms with van der Waals surface area (Å²) in [6.45, 7) is 7.42. The van der Waals surface area contributed by atoms with Gasteiger partial charge in [-0.15, -0.1) is 0 Å². The van der Waals surface area contributed by atoms with Gasteiger partial charge in [-0.2, -0.15) is 10.1 Å². The summed E-state index contributed by atoms with van der Waals surface area (Å²) in [6, 6.07) is 7.49. The number of fused-ring (bicyclic) bond motifs is 3. The van der Waals surface area contributed by atoms with Crippen LogP contribution in [0.1, 0.15) is 37.9 Å². The molecule has 30 heavy (non-hydrogen) atoms. The zero-order valence-electron chi connectivity index (χ0n) is 17.7. The van der Waals surface area contributed by atoms with Crippen molar-refractivity contribution < 1.29 is 4.79 Å². The number of nitrogens with zero attached hydrogens (tertiary/aromatic N) is 6. The molecule has 3 heterocycles. The summed E-state index contributed by atoms with van der Waals surface area (Å²) < 4.78 is 4.39. The number of ketones is 1. The molecule has 0 radical (unpaired) electrons. The smallest absolute Gasteiger partial charge is 0.298 e. The van der Waals surface area contributed by atoms with E-state index in [0.29, 0.717) is 11.5 Å². The van der Waals surface area contributed by atoms with Crippen LogP contribution < -0.4 is 16.3 Å². The van der Waals surface area contributed by atoms with Gasteiger partial charge >= 0.3 is 5.69 Å². The Balaban J connectivity index is 1.98. The van der Waals surface area contributed by atoms with Gasteiger partial charge in [0.1, 0.15) is 6.54 Å². The number of aromatic nitrogens is 4. The minimum Gasteiger partial charge on any atom is -0.298 e. The van der Waals surface area contributed by atoms with Crippen molar-refractivity contribution in [1.82, 2.24) is 18.7 Å². The number of hydrogen-bond donors (Lipinski definition) is 0. The molecule has 0 saturated heterocycles. The van der Waals surface area contributed by atoms with Gasteiger partial charge in [0, 0.05) is 7.05 Å². The van der Waals surface area contributed by atoms with Gasteiger partial charge in [0.15, 0.2) is 16.9 Å². The van der Waals surface area contributed by atoms with Crippen LogP contribution in [-0.4, -0.2) is 36.7 Å². The third-order valence-electron chi connectivity index (χ3n) is 5.45. The molecule has 1 atom stereocenters. The number of hydrazone groups is 1. The fraction of sp³-hybridized carbons (Fsp3) is 0.381. The maximum absolute atomic E-state index is 13.5. The number of rotatable bonds is 4. The average Bonchev–Trinajstić information content (AvgIpc) is 3.09. The second-order valence-electron chi connectivity index (χ2n) is 7.85. The van der Waals surface area contributed by atoms with Crippen LogP contribution in [-0.2, 0) is 18.4 Å². The molecular formula is C21H24N6O3. The number of carbonyl (C=O) groups excluding carboxylic acids is 1. The van der Waals surface area contributed by atoms with Crippen molar-refractivity contribution >= 4 is 28.6 Å². The Morgan fingerprint density at radius 2 is 1.93 bits per heavy atom. The highest BCUT2D eigenvalue weighted by atomic mass is 16.2. The summed E-state index contributed by atoms with van der Waals surface area (Å²) in [5, 5.41) is 5.96. The van der Waals surface area contributed by atoms with Crippen LogP contribution in [0.2, 0.25) is 0 Å². The Labute approximate surface area is 172 Å². The van der Waals surface area contributed by atoms with E-state index in [4.69, 9.17) is 0 Å². The topological polar surface area (TPSA) is 94.5 Å². The number of anilines is 1. The Morgan fingerprint density at radius 1 is 1.20 bits per heavy atom. The molecule has 0 bridgehead atoms. The second-order valence-corrected chi connectivity index (χ2v) is 7.85. The summed E-state index contributed by atoms with van der Waals surface area (Å²) in [5.41, 5.74) is 2.45. The van der Waals surface area contributed by atoms with Gasteiger partial charge in [-0.1, -0.05) is 29.8 Å². The molecule has 1 aliphatic rings. The van der Waals surface area contributed by atoms with Crippen LogP contribution in [0.25, 0.3) is 11.2 Å². The molecule has 0 aliphatic carbocycles. The standard InChI is InChI=1S/C21H24N6O3/c1-12-7-6-8-16(9-12)11-25-19(29)17-18(24(5)21(25)30)22-20-26(10-13(2)28)23-14(3)15(4)27(17)20/h6-9,15H,10-11H2,1-5H3/t15-/m1/s1. The van der Waals surface area contributed by atoms with E-state index in [2.05, 4.69) is 10.1 Å². The highest BCUT2D eigenvalue weighted by Crippen LogP contribution is 2.29. The molecule has 4 rings (SSSR count). The molecule has 0 spiro atoms.